The van der Waals surface area contributed by atoms with Crippen molar-refractivity contribution in [1.29, 1.82) is 0 Å². The number of aliphatic imine (C=N–C) groups is 1. The molecule has 2 rings (SSSR count). The number of furan rings is 1. The lowest BCUT2D eigenvalue weighted by molar-refractivity contribution is 0.567. The van der Waals surface area contributed by atoms with Gasteiger partial charge in [-0.15, -0.1) is 0 Å². The van der Waals surface area contributed by atoms with Crippen LogP contribution in [-0.4, -0.2) is 6.34 Å². The Bertz CT molecular complexity index is 226. The highest BCUT2D eigenvalue weighted by atomic mass is 16.3. The molecule has 1 aliphatic rings. The average Bonchev–Trinajstić information content (AvgIpc) is 2.15. The van der Waals surface area contributed by atoms with Crippen LogP contribution < -0.4 is 5.32 Å². The molecule has 8 heavy (non-hydrogen) atoms. The first kappa shape index (κ1) is 3.72. The van der Waals surface area contributed by atoms with Gasteiger partial charge in [0, 0.05) is 0 Å². The van der Waals surface area contributed by atoms with Crippen LogP contribution in [0.2, 0.25) is 0 Å². The van der Waals surface area contributed by atoms with Gasteiger partial charge in [-0.2, -0.15) is 5.32 Å². The minimum Gasteiger partial charge on any atom is -0.444 e. The fourth-order valence-electron chi connectivity index (χ4n) is 0.582. The first-order valence-electron chi connectivity index (χ1n) is 2.19. The molecular weight excluding hydrogens is 104 g/mol. The molecular formula is C5H2N2O. The third kappa shape index (κ3) is 0.307. The molecule has 0 spiro atoms. The molecule has 0 aromatic carbocycles. The van der Waals surface area contributed by atoms with E-state index in [-0.39, 0.29) is 0 Å². The van der Waals surface area contributed by atoms with Crippen molar-refractivity contribution >= 4 is 17.9 Å². The maximum atomic E-state index is 4.83. The molecule has 0 saturated heterocycles. The van der Waals surface area contributed by atoms with E-state index in [0.717, 1.165) is 0 Å². The Balaban J connectivity index is 2.67. The van der Waals surface area contributed by atoms with Crippen molar-refractivity contribution in [3.8, 4) is 0 Å². The standard InChI is InChI=1S/C5H2N2O/c1-2-8-5-4(1)6-3-7-5/h2-3H. The van der Waals surface area contributed by atoms with Gasteiger partial charge in [0.15, 0.2) is 0 Å². The van der Waals surface area contributed by atoms with Crippen LogP contribution >= 0.6 is 0 Å². The lowest BCUT2D eigenvalue weighted by atomic mass is 10.5. The van der Waals surface area contributed by atoms with E-state index < -0.39 is 0 Å². The molecule has 3 nitrogen and oxygen atoms in total. The van der Waals surface area contributed by atoms with E-state index in [4.69, 9.17) is 4.42 Å². The summed E-state index contributed by atoms with van der Waals surface area (Å²) in [6.07, 6.45) is 2.90. The summed E-state index contributed by atoms with van der Waals surface area (Å²) in [6, 6.07) is 2.76. The van der Waals surface area contributed by atoms with Crippen LogP contribution in [0.4, 0.5) is 11.6 Å². The molecule has 0 bridgehead atoms. The second-order valence-electron chi connectivity index (χ2n) is 1.41. The lowest BCUT2D eigenvalue weighted by Crippen LogP contribution is -1.81. The first-order chi connectivity index (χ1) is 3.97. The third-order valence-electron chi connectivity index (χ3n) is 0.931. The van der Waals surface area contributed by atoms with Gasteiger partial charge in [0.2, 0.25) is 5.88 Å². The molecule has 0 unspecified atom stereocenters. The SMILES string of the molecule is [c]1coc2c1N=C[N]2. The summed E-state index contributed by atoms with van der Waals surface area (Å²) in [5.41, 5.74) is 0.699. The number of nitrogens with zero attached hydrogens (tertiary/aromatic N) is 2. The molecule has 0 N–H and O–H groups in total. The molecule has 0 atom stereocenters. The predicted octanol–water partition coefficient (Wildman–Crippen LogP) is 0.989. The monoisotopic (exact) mass is 106 g/mol. The van der Waals surface area contributed by atoms with Crippen LogP contribution in [0.3, 0.4) is 0 Å². The Morgan fingerprint density at radius 1 is 1.62 bits per heavy atom. The van der Waals surface area contributed by atoms with E-state index in [2.05, 4.69) is 16.4 Å². The first-order valence-corrected chi connectivity index (χ1v) is 2.19. The average molecular weight is 106 g/mol. The highest BCUT2D eigenvalue weighted by Crippen LogP contribution is 2.27. The zero-order chi connectivity index (χ0) is 5.40. The third-order valence-corrected chi connectivity index (χ3v) is 0.931. The van der Waals surface area contributed by atoms with E-state index >= 15 is 0 Å². The van der Waals surface area contributed by atoms with Gasteiger partial charge in [0.25, 0.3) is 0 Å². The molecule has 2 radical (unpaired) electrons. The van der Waals surface area contributed by atoms with Crippen molar-refractivity contribution in [3.63, 3.8) is 0 Å². The van der Waals surface area contributed by atoms with Crippen LogP contribution in [0.5, 0.6) is 0 Å². The minimum atomic E-state index is 0.560. The number of hydrogen-bond acceptors (Lipinski definition) is 2. The Morgan fingerprint density at radius 2 is 2.62 bits per heavy atom. The summed E-state index contributed by atoms with van der Waals surface area (Å²) in [6.45, 7) is 0. The summed E-state index contributed by atoms with van der Waals surface area (Å²) < 4.78 is 4.83. The fraction of sp³-hybridized carbons (Fsp3) is 0. The molecule has 1 aromatic heterocycles. The van der Waals surface area contributed by atoms with Gasteiger partial charge in [0.1, 0.15) is 18.3 Å². The lowest BCUT2D eigenvalue weighted by Gasteiger charge is -1.77. The highest BCUT2D eigenvalue weighted by molar-refractivity contribution is 5.77. The van der Waals surface area contributed by atoms with Gasteiger partial charge in [-0.05, 0) is 0 Å². The molecule has 3 heteroatoms. The van der Waals surface area contributed by atoms with Crippen LogP contribution in [-0.2, 0) is 0 Å². The fourth-order valence-corrected chi connectivity index (χ4v) is 0.582. The number of rotatable bonds is 0. The number of hydrogen-bond donors (Lipinski definition) is 0. The molecule has 1 aromatic rings. The van der Waals surface area contributed by atoms with E-state index in [1.54, 1.807) is 0 Å². The second kappa shape index (κ2) is 1.12. The van der Waals surface area contributed by atoms with Crippen molar-refractivity contribution < 1.29 is 4.42 Å². The van der Waals surface area contributed by atoms with Crippen LogP contribution in [0, 0.1) is 6.07 Å². The molecule has 0 saturated carbocycles. The summed E-state index contributed by atoms with van der Waals surface area (Å²) in [5.74, 6) is 0.560. The molecule has 1 aliphatic heterocycles. The van der Waals surface area contributed by atoms with Crippen LogP contribution in [0.15, 0.2) is 15.7 Å². The maximum absolute atomic E-state index is 4.83. The van der Waals surface area contributed by atoms with Gasteiger partial charge < -0.3 is 4.42 Å². The summed E-state index contributed by atoms with van der Waals surface area (Å²) in [5, 5.41) is 3.77. The predicted molar refractivity (Wildman–Crippen MR) is 27.5 cm³/mol. The Kier molecular flexibility index (Phi) is 0.521. The quantitative estimate of drug-likeness (QED) is 0.486. The van der Waals surface area contributed by atoms with Crippen molar-refractivity contribution in [2.45, 2.75) is 0 Å². The van der Waals surface area contributed by atoms with Crippen molar-refractivity contribution in [2.75, 3.05) is 0 Å². The highest BCUT2D eigenvalue weighted by Gasteiger charge is 2.09. The van der Waals surface area contributed by atoms with E-state index in [9.17, 15) is 0 Å². The van der Waals surface area contributed by atoms with Gasteiger partial charge in [-0.25, -0.2) is 4.99 Å². The van der Waals surface area contributed by atoms with Crippen molar-refractivity contribution in [1.82, 2.24) is 5.32 Å². The van der Waals surface area contributed by atoms with Crippen molar-refractivity contribution in [2.24, 2.45) is 4.99 Å². The van der Waals surface area contributed by atoms with Crippen molar-refractivity contribution in [3.05, 3.63) is 12.3 Å². The van der Waals surface area contributed by atoms with Crippen LogP contribution in [0.1, 0.15) is 0 Å². The second-order valence-corrected chi connectivity index (χ2v) is 1.41. The zero-order valence-corrected chi connectivity index (χ0v) is 3.96. The van der Waals surface area contributed by atoms with Gasteiger partial charge >= 0.3 is 0 Å². The maximum Gasteiger partial charge on any atom is 0.247 e. The van der Waals surface area contributed by atoms with E-state index in [1.807, 2.05) is 0 Å². The smallest absolute Gasteiger partial charge is 0.247 e. The molecule has 0 amide bonds. The summed E-state index contributed by atoms with van der Waals surface area (Å²) in [7, 11) is 0. The zero-order valence-electron chi connectivity index (χ0n) is 3.96. The van der Waals surface area contributed by atoms with Gasteiger partial charge in [0.05, 0.1) is 6.07 Å². The molecule has 2 heterocycles. The van der Waals surface area contributed by atoms with Gasteiger partial charge in [-0.1, -0.05) is 0 Å². The number of fused-ring (bicyclic) bond motifs is 1. The Hall–Kier alpha value is -1.25. The summed E-state index contributed by atoms with van der Waals surface area (Å²) >= 11 is 0. The van der Waals surface area contributed by atoms with E-state index in [0.29, 0.717) is 11.6 Å². The Morgan fingerprint density at radius 3 is 3.50 bits per heavy atom. The molecule has 0 aliphatic carbocycles. The van der Waals surface area contributed by atoms with E-state index in [1.165, 1.54) is 12.6 Å². The molecule has 38 valence electrons. The van der Waals surface area contributed by atoms with Crippen LogP contribution in [0.25, 0.3) is 0 Å². The normalized spacial score (nSPS) is 13.5. The van der Waals surface area contributed by atoms with Gasteiger partial charge in [-0.3, -0.25) is 0 Å². The minimum absolute atomic E-state index is 0.560. The summed E-state index contributed by atoms with van der Waals surface area (Å²) in [4.78, 5) is 3.82. The molecule has 0 fully saturated rings. The topological polar surface area (TPSA) is 39.6 Å². The largest absolute Gasteiger partial charge is 0.444 e. The Labute approximate surface area is 46.0 Å².